The number of rotatable bonds is 4. The quantitative estimate of drug-likeness (QED) is 0.145. The topological polar surface area (TPSA) is 58.1 Å². The van der Waals surface area contributed by atoms with E-state index in [-0.39, 0.29) is 5.96 Å². The molecule has 2 heterocycles. The number of allylic oxidation sites excluding steroid dienone is 4. The Morgan fingerprint density at radius 3 is 1.96 bits per heavy atom. The van der Waals surface area contributed by atoms with Crippen LogP contribution in [0.2, 0.25) is 0 Å². The van der Waals surface area contributed by atoms with Gasteiger partial charge in [-0.1, -0.05) is 133 Å². The lowest BCUT2D eigenvalue weighted by molar-refractivity contribution is 1.06. The Morgan fingerprint density at radius 2 is 1.24 bits per heavy atom. The Labute approximate surface area is 290 Å². The predicted octanol–water partition coefficient (Wildman–Crippen LogP) is 10.6. The minimum absolute atomic E-state index is 0.148. The molecule has 1 aliphatic rings. The Balaban J connectivity index is 1.26. The number of aliphatic imine (C=N–C) groups is 1. The van der Waals surface area contributed by atoms with Crippen LogP contribution >= 0.6 is 0 Å². The van der Waals surface area contributed by atoms with Crippen molar-refractivity contribution in [3.63, 3.8) is 0 Å². The standard InChI is InChI=1S/C45H35N5/c1-47-44(32-15-6-3-7-16-32)48-45(46)50-41-22-11-9-20-37(41)39-28-27-38-36-19-8-10-21-40(36)49(42(38)43(39)50)35-25-23-31(24-26-35)34-18-12-17-33(29-34)30-13-4-2-5-14-30/h2-11,13-16,18-29H,12,17H2,1H3,(H2,46,47,48). The maximum absolute atomic E-state index is 9.51. The summed E-state index contributed by atoms with van der Waals surface area (Å²) < 4.78 is 4.37. The van der Waals surface area contributed by atoms with Crippen LogP contribution < -0.4 is 5.32 Å². The fourth-order valence-electron chi connectivity index (χ4n) is 7.59. The molecule has 2 aromatic heterocycles. The normalized spacial score (nSPS) is 13.6. The number of para-hydroxylation sites is 2. The first-order valence-corrected chi connectivity index (χ1v) is 17.1. The summed E-state index contributed by atoms with van der Waals surface area (Å²) in [5.74, 6) is 0.792. The van der Waals surface area contributed by atoms with Crippen LogP contribution in [-0.2, 0) is 0 Å². The van der Waals surface area contributed by atoms with E-state index in [0.29, 0.717) is 5.84 Å². The number of nitrogens with one attached hydrogen (secondary N) is 2. The maximum atomic E-state index is 9.51. The van der Waals surface area contributed by atoms with Crippen LogP contribution in [0.4, 0.5) is 0 Å². The van der Waals surface area contributed by atoms with E-state index in [0.717, 1.165) is 62.3 Å². The summed E-state index contributed by atoms with van der Waals surface area (Å²) in [5.41, 5.74) is 11.2. The number of aromatic nitrogens is 2. The van der Waals surface area contributed by atoms with Crippen LogP contribution in [-0.4, -0.2) is 28.0 Å². The van der Waals surface area contributed by atoms with Gasteiger partial charge < -0.3 is 9.88 Å². The van der Waals surface area contributed by atoms with Crippen molar-refractivity contribution < 1.29 is 0 Å². The first-order chi connectivity index (χ1) is 24.7. The van der Waals surface area contributed by atoms with Crippen molar-refractivity contribution in [2.75, 3.05) is 7.05 Å². The van der Waals surface area contributed by atoms with E-state index in [1.807, 2.05) is 48.0 Å². The Hall–Kier alpha value is -6.46. The van der Waals surface area contributed by atoms with E-state index in [9.17, 15) is 5.41 Å². The van der Waals surface area contributed by atoms with Crippen LogP contribution in [0.3, 0.4) is 0 Å². The van der Waals surface area contributed by atoms with Gasteiger partial charge in [-0.2, -0.15) is 4.99 Å². The van der Waals surface area contributed by atoms with Gasteiger partial charge in [-0.3, -0.25) is 9.98 Å². The fraction of sp³-hybridized carbons (Fsp3) is 0.0667. The second kappa shape index (κ2) is 12.2. The minimum atomic E-state index is 0.148. The molecule has 0 atom stereocenters. The number of hydrogen-bond acceptors (Lipinski definition) is 1. The molecule has 5 heteroatoms. The fourth-order valence-corrected chi connectivity index (χ4v) is 7.59. The van der Waals surface area contributed by atoms with Crippen molar-refractivity contribution in [1.29, 1.82) is 5.41 Å². The van der Waals surface area contributed by atoms with Gasteiger partial charge in [-0.05, 0) is 59.4 Å². The Kier molecular flexibility index (Phi) is 7.24. The zero-order valence-electron chi connectivity index (χ0n) is 27.8. The maximum Gasteiger partial charge on any atom is 0.229 e. The van der Waals surface area contributed by atoms with Gasteiger partial charge in [0.1, 0.15) is 5.84 Å². The first-order valence-electron chi connectivity index (χ1n) is 17.1. The summed E-state index contributed by atoms with van der Waals surface area (Å²) >= 11 is 0. The van der Waals surface area contributed by atoms with Gasteiger partial charge in [0, 0.05) is 39.8 Å². The molecule has 50 heavy (non-hydrogen) atoms. The minimum Gasteiger partial charge on any atom is -0.373 e. The Morgan fingerprint density at radius 1 is 0.620 bits per heavy atom. The molecule has 0 amide bonds. The third kappa shape index (κ3) is 4.86. The van der Waals surface area contributed by atoms with Crippen molar-refractivity contribution in [2.24, 2.45) is 4.99 Å². The first kappa shape index (κ1) is 29.7. The highest BCUT2D eigenvalue weighted by molar-refractivity contribution is 6.26. The molecule has 8 aromatic rings. The summed E-state index contributed by atoms with van der Waals surface area (Å²) in [7, 11) is 1.85. The van der Waals surface area contributed by atoms with Gasteiger partial charge >= 0.3 is 0 Å². The lowest BCUT2D eigenvalue weighted by Crippen LogP contribution is -2.23. The van der Waals surface area contributed by atoms with Crippen LogP contribution in [0.25, 0.3) is 60.4 Å². The smallest absolute Gasteiger partial charge is 0.229 e. The molecule has 0 saturated carbocycles. The van der Waals surface area contributed by atoms with E-state index in [1.165, 1.54) is 27.7 Å². The van der Waals surface area contributed by atoms with Crippen molar-refractivity contribution in [3.8, 4) is 5.69 Å². The molecule has 2 N–H and O–H groups in total. The summed E-state index contributed by atoms with van der Waals surface area (Å²) in [6.07, 6.45) is 6.78. The number of fused-ring (bicyclic) bond motifs is 7. The average Bonchev–Trinajstić information content (AvgIpc) is 3.71. The molecular weight excluding hydrogens is 611 g/mol. The van der Waals surface area contributed by atoms with E-state index in [1.54, 1.807) is 0 Å². The van der Waals surface area contributed by atoms with Gasteiger partial charge in [0.15, 0.2) is 0 Å². The zero-order valence-corrected chi connectivity index (χ0v) is 27.8. The third-order valence-electron chi connectivity index (χ3n) is 9.89. The van der Waals surface area contributed by atoms with E-state index >= 15 is 0 Å². The number of amidine groups is 1. The van der Waals surface area contributed by atoms with Gasteiger partial charge in [0.25, 0.3) is 0 Å². The third-order valence-corrected chi connectivity index (χ3v) is 9.89. The Bertz CT molecular complexity index is 2670. The molecule has 0 spiro atoms. The van der Waals surface area contributed by atoms with Crippen molar-refractivity contribution in [2.45, 2.75) is 12.8 Å². The second-order valence-corrected chi connectivity index (χ2v) is 12.7. The lowest BCUT2D eigenvalue weighted by atomic mass is 9.91. The molecule has 1 aliphatic carbocycles. The summed E-state index contributed by atoms with van der Waals surface area (Å²) in [6.45, 7) is 0. The van der Waals surface area contributed by atoms with Gasteiger partial charge in [0.2, 0.25) is 5.96 Å². The molecule has 0 radical (unpaired) electrons. The van der Waals surface area contributed by atoms with E-state index in [4.69, 9.17) is 4.99 Å². The predicted molar refractivity (Wildman–Crippen MR) is 211 cm³/mol. The number of nitrogens with zero attached hydrogens (tertiary/aromatic N) is 3. The van der Waals surface area contributed by atoms with Gasteiger partial charge in [-0.15, -0.1) is 0 Å². The second-order valence-electron chi connectivity index (χ2n) is 12.7. The average molecular weight is 646 g/mol. The van der Waals surface area contributed by atoms with Gasteiger partial charge in [0.05, 0.1) is 22.1 Å². The van der Waals surface area contributed by atoms with E-state index < -0.39 is 0 Å². The molecule has 0 aliphatic heterocycles. The highest BCUT2D eigenvalue weighted by atomic mass is 15.2. The summed E-state index contributed by atoms with van der Waals surface area (Å²) in [5, 5.41) is 17.2. The lowest BCUT2D eigenvalue weighted by Gasteiger charge is -2.16. The van der Waals surface area contributed by atoms with Crippen molar-refractivity contribution >= 4 is 66.6 Å². The summed E-state index contributed by atoms with van der Waals surface area (Å²) in [4.78, 5) is 4.89. The van der Waals surface area contributed by atoms with Crippen LogP contribution in [0.5, 0.6) is 0 Å². The molecule has 6 aromatic carbocycles. The number of benzene rings is 6. The molecular formula is C45H35N5. The van der Waals surface area contributed by atoms with Crippen LogP contribution in [0.15, 0.2) is 163 Å². The molecule has 0 bridgehead atoms. The monoisotopic (exact) mass is 645 g/mol. The van der Waals surface area contributed by atoms with Crippen molar-refractivity contribution in [3.05, 3.63) is 174 Å². The SMILES string of the molecule is CNC(=NC(=N)n1c2ccccc2c2ccc3c4ccccc4n(-c4ccc(C5=CCCC(c6ccccc6)=C5)cc4)c3c21)c1ccccc1. The molecule has 240 valence electrons. The highest BCUT2D eigenvalue weighted by Gasteiger charge is 2.22. The van der Waals surface area contributed by atoms with E-state index in [2.05, 4.69) is 131 Å². The molecule has 9 rings (SSSR count). The summed E-state index contributed by atoms with van der Waals surface area (Å²) in [6, 6.07) is 51.0. The largest absolute Gasteiger partial charge is 0.373 e. The van der Waals surface area contributed by atoms with Crippen LogP contribution in [0.1, 0.15) is 29.5 Å². The highest BCUT2D eigenvalue weighted by Crippen LogP contribution is 2.41. The van der Waals surface area contributed by atoms with Crippen molar-refractivity contribution in [1.82, 2.24) is 14.5 Å². The van der Waals surface area contributed by atoms with Gasteiger partial charge in [-0.25, -0.2) is 0 Å². The molecule has 0 unspecified atom stereocenters. The molecule has 0 fully saturated rings. The number of hydrogen-bond donors (Lipinski definition) is 2. The van der Waals surface area contributed by atoms with Crippen LogP contribution in [0, 0.1) is 5.41 Å². The molecule has 5 nitrogen and oxygen atoms in total. The zero-order chi connectivity index (χ0) is 33.6. The molecule has 0 saturated heterocycles.